The number of carbonyl (C=O) groups is 1. The number of nitrogens with zero attached hydrogens (tertiary/aromatic N) is 1. The van der Waals surface area contributed by atoms with Gasteiger partial charge in [0, 0.05) is 38.3 Å². The maximum Gasteiger partial charge on any atom is 0.254 e. The molecule has 6 nitrogen and oxygen atoms in total. The smallest absolute Gasteiger partial charge is 0.254 e. The lowest BCUT2D eigenvalue weighted by atomic mass is 9.88. The molecule has 3 rings (SSSR count). The zero-order chi connectivity index (χ0) is 25.0. The second-order valence-corrected chi connectivity index (χ2v) is 9.36. The Morgan fingerprint density at radius 1 is 1.00 bits per heavy atom. The molecule has 1 amide bonds. The Balaban J connectivity index is 0.00000456. The highest BCUT2D eigenvalue weighted by Gasteiger charge is 2.33. The van der Waals surface area contributed by atoms with E-state index < -0.39 is 0 Å². The third-order valence-electron chi connectivity index (χ3n) is 7.06. The van der Waals surface area contributed by atoms with Gasteiger partial charge in [-0.05, 0) is 68.0 Å². The topological polar surface area (TPSA) is 60.0 Å². The van der Waals surface area contributed by atoms with Crippen LogP contribution in [0, 0.1) is 11.8 Å². The molecular formula is C29H43ClN2O4. The fraction of sp³-hybridized carbons (Fsp3) is 0.552. The summed E-state index contributed by atoms with van der Waals surface area (Å²) in [4.78, 5) is 16.0. The first-order valence-electron chi connectivity index (χ1n) is 13.0. The summed E-state index contributed by atoms with van der Waals surface area (Å²) in [7, 11) is 3.30. The van der Waals surface area contributed by atoms with E-state index in [0.29, 0.717) is 42.1 Å². The van der Waals surface area contributed by atoms with Crippen LogP contribution in [-0.2, 0) is 11.2 Å². The summed E-state index contributed by atoms with van der Waals surface area (Å²) < 4.78 is 16.5. The van der Waals surface area contributed by atoms with Crippen LogP contribution in [0.5, 0.6) is 11.5 Å². The van der Waals surface area contributed by atoms with E-state index in [2.05, 4.69) is 54.4 Å². The van der Waals surface area contributed by atoms with Crippen molar-refractivity contribution in [1.82, 2.24) is 10.2 Å². The lowest BCUT2D eigenvalue weighted by Crippen LogP contribution is -2.44. The number of amides is 1. The summed E-state index contributed by atoms with van der Waals surface area (Å²) in [5, 5.41) is 3.57. The second kappa shape index (κ2) is 15.7. The summed E-state index contributed by atoms with van der Waals surface area (Å²) in [6.45, 7) is 8.16. The molecule has 0 saturated carbocycles. The van der Waals surface area contributed by atoms with Gasteiger partial charge in [0.15, 0.2) is 11.5 Å². The van der Waals surface area contributed by atoms with Crippen molar-refractivity contribution in [3.8, 4) is 11.5 Å². The zero-order valence-corrected chi connectivity index (χ0v) is 23.0. The molecule has 1 aliphatic heterocycles. The number of hydrogen-bond donors (Lipinski definition) is 1. The summed E-state index contributed by atoms with van der Waals surface area (Å²) in [5.41, 5.74) is 2.00. The van der Waals surface area contributed by atoms with Crippen molar-refractivity contribution in [2.75, 3.05) is 47.1 Å². The Hall–Kier alpha value is -2.28. The van der Waals surface area contributed by atoms with Gasteiger partial charge >= 0.3 is 0 Å². The molecule has 0 radical (unpaired) electrons. The van der Waals surface area contributed by atoms with Gasteiger partial charge in [0.25, 0.3) is 5.91 Å². The zero-order valence-electron chi connectivity index (χ0n) is 22.2. The predicted molar refractivity (Wildman–Crippen MR) is 148 cm³/mol. The molecule has 0 unspecified atom stereocenters. The molecule has 36 heavy (non-hydrogen) atoms. The summed E-state index contributed by atoms with van der Waals surface area (Å²) in [5.74, 6) is 2.23. The van der Waals surface area contributed by atoms with Crippen molar-refractivity contribution in [1.29, 1.82) is 0 Å². The van der Waals surface area contributed by atoms with E-state index >= 15 is 0 Å². The highest BCUT2D eigenvalue weighted by molar-refractivity contribution is 5.95. The molecule has 1 fully saturated rings. The highest BCUT2D eigenvalue weighted by Crippen LogP contribution is 2.30. The normalized spacial score (nSPS) is 17.0. The number of benzene rings is 2. The number of rotatable bonds is 14. The van der Waals surface area contributed by atoms with Crippen LogP contribution in [0.15, 0.2) is 48.5 Å². The van der Waals surface area contributed by atoms with Gasteiger partial charge in [-0.1, -0.05) is 44.2 Å². The monoisotopic (exact) mass is 518 g/mol. The fourth-order valence-corrected chi connectivity index (χ4v) is 5.01. The molecule has 0 aromatic heterocycles. The molecule has 0 spiro atoms. The van der Waals surface area contributed by atoms with Crippen LogP contribution in [-0.4, -0.2) is 63.9 Å². The van der Waals surface area contributed by atoms with Gasteiger partial charge in [0.2, 0.25) is 0 Å². The molecule has 0 bridgehead atoms. The minimum absolute atomic E-state index is 0. The van der Waals surface area contributed by atoms with Gasteiger partial charge in [0.05, 0.1) is 13.7 Å². The van der Waals surface area contributed by atoms with Gasteiger partial charge in [-0.2, -0.15) is 0 Å². The molecule has 1 saturated heterocycles. The summed E-state index contributed by atoms with van der Waals surface area (Å²) in [6.07, 6.45) is 3.67. The van der Waals surface area contributed by atoms with E-state index in [1.165, 1.54) is 5.56 Å². The van der Waals surface area contributed by atoms with Gasteiger partial charge < -0.3 is 24.4 Å². The van der Waals surface area contributed by atoms with Crippen LogP contribution in [0.25, 0.3) is 0 Å². The van der Waals surface area contributed by atoms with E-state index in [0.717, 1.165) is 45.3 Å². The van der Waals surface area contributed by atoms with Crippen molar-refractivity contribution in [2.45, 2.75) is 45.6 Å². The Bertz CT molecular complexity index is 907. The molecule has 1 N–H and O–H groups in total. The first-order chi connectivity index (χ1) is 17.1. The maximum absolute atomic E-state index is 13.9. The molecule has 2 atom stereocenters. The number of halogens is 1. The van der Waals surface area contributed by atoms with E-state index in [4.69, 9.17) is 14.2 Å². The van der Waals surface area contributed by atoms with Gasteiger partial charge in [0.1, 0.15) is 0 Å². The minimum Gasteiger partial charge on any atom is -0.493 e. The van der Waals surface area contributed by atoms with Gasteiger partial charge in [-0.25, -0.2) is 0 Å². The summed E-state index contributed by atoms with van der Waals surface area (Å²) in [6, 6.07) is 16.4. The van der Waals surface area contributed by atoms with Crippen molar-refractivity contribution in [3.05, 3.63) is 59.7 Å². The quantitative estimate of drug-likeness (QED) is 0.346. The number of ether oxygens (including phenoxy) is 3. The van der Waals surface area contributed by atoms with Crippen LogP contribution < -0.4 is 14.8 Å². The van der Waals surface area contributed by atoms with Crippen LogP contribution in [0.3, 0.4) is 0 Å². The fourth-order valence-electron chi connectivity index (χ4n) is 5.01. The van der Waals surface area contributed by atoms with Crippen molar-refractivity contribution >= 4 is 18.3 Å². The van der Waals surface area contributed by atoms with Crippen molar-refractivity contribution in [2.24, 2.45) is 11.8 Å². The molecule has 1 heterocycles. The number of hydrogen-bond acceptors (Lipinski definition) is 5. The van der Waals surface area contributed by atoms with Crippen LogP contribution in [0.1, 0.15) is 49.0 Å². The SMILES string of the molecule is CCC(CC)N(C[C@H]1CNC[C@@H]1Cc1ccccc1)C(=O)c1ccc(OC)c(OCCCOC)c1.Cl. The molecule has 7 heteroatoms. The Labute approximate surface area is 223 Å². The van der Waals surface area contributed by atoms with E-state index in [-0.39, 0.29) is 24.4 Å². The van der Waals surface area contributed by atoms with Crippen molar-refractivity contribution < 1.29 is 19.0 Å². The number of methoxy groups -OCH3 is 2. The lowest BCUT2D eigenvalue weighted by molar-refractivity contribution is 0.0617. The van der Waals surface area contributed by atoms with E-state index in [9.17, 15) is 4.79 Å². The predicted octanol–water partition coefficient (Wildman–Crippen LogP) is 5.24. The van der Waals surface area contributed by atoms with Crippen molar-refractivity contribution in [3.63, 3.8) is 0 Å². The molecule has 1 aliphatic rings. The van der Waals surface area contributed by atoms with Crippen LogP contribution in [0.4, 0.5) is 0 Å². The number of carbonyl (C=O) groups excluding carboxylic acids is 1. The molecular weight excluding hydrogens is 476 g/mol. The number of nitrogens with one attached hydrogen (secondary N) is 1. The lowest BCUT2D eigenvalue weighted by Gasteiger charge is -2.34. The van der Waals surface area contributed by atoms with E-state index in [1.54, 1.807) is 14.2 Å². The average molecular weight is 519 g/mol. The summed E-state index contributed by atoms with van der Waals surface area (Å²) >= 11 is 0. The first kappa shape index (κ1) is 29.9. The van der Waals surface area contributed by atoms with Gasteiger partial charge in [-0.15, -0.1) is 12.4 Å². The Morgan fingerprint density at radius 2 is 1.72 bits per heavy atom. The minimum atomic E-state index is 0. The Kier molecular flexibility index (Phi) is 13.1. The second-order valence-electron chi connectivity index (χ2n) is 9.36. The largest absolute Gasteiger partial charge is 0.493 e. The molecule has 200 valence electrons. The molecule has 2 aromatic carbocycles. The van der Waals surface area contributed by atoms with Gasteiger partial charge in [-0.3, -0.25) is 4.79 Å². The standard InChI is InChI=1S/C29H42N2O4.ClH/c1-5-26(6-2)31(21-25-20-30-19-24(25)17-22-11-8-7-9-12-22)29(32)23-13-14-27(34-4)28(18-23)35-16-10-15-33-3;/h7-9,11-14,18,24-26,30H,5-6,10,15-17,19-21H2,1-4H3;1H/t24-,25+;/m0./s1. The third kappa shape index (κ3) is 8.12. The van der Waals surface area contributed by atoms with E-state index in [1.807, 2.05) is 18.2 Å². The molecule has 0 aliphatic carbocycles. The maximum atomic E-state index is 13.9. The molecule has 2 aromatic rings. The van der Waals surface area contributed by atoms with Crippen LogP contribution in [0.2, 0.25) is 0 Å². The van der Waals surface area contributed by atoms with Crippen LogP contribution >= 0.6 is 12.4 Å². The first-order valence-corrected chi connectivity index (χ1v) is 13.0. The Morgan fingerprint density at radius 3 is 2.39 bits per heavy atom. The highest BCUT2D eigenvalue weighted by atomic mass is 35.5. The average Bonchev–Trinajstić information content (AvgIpc) is 3.33. The third-order valence-corrected chi connectivity index (χ3v) is 7.06.